The molecule has 0 aliphatic rings. The number of unbranched alkanes of at least 4 members (excludes halogenated alkanes) is 17. The van der Waals surface area contributed by atoms with Crippen LogP contribution in [0.4, 0.5) is 4.79 Å². The predicted octanol–water partition coefficient (Wildman–Crippen LogP) is 7.64. The fourth-order valence-corrected chi connectivity index (χ4v) is 3.35. The molecule has 3 nitrogen and oxygen atoms in total. The van der Waals surface area contributed by atoms with E-state index < -0.39 is 6.09 Å². The number of carboxylic acid groups (broad SMARTS) is 1. The minimum Gasteiger partial charge on any atom is -0.465 e. The molecule has 150 valence electrons. The van der Waals surface area contributed by atoms with Gasteiger partial charge in [0.2, 0.25) is 0 Å². The highest BCUT2D eigenvalue weighted by Crippen LogP contribution is 2.14. The molecule has 0 aromatic heterocycles. The van der Waals surface area contributed by atoms with E-state index in [2.05, 4.69) is 6.92 Å². The third-order valence-electron chi connectivity index (χ3n) is 5.17. The smallest absolute Gasteiger partial charge is 0.407 e. The zero-order valence-electron chi connectivity index (χ0n) is 17.2. The Balaban J connectivity index is 3.04. The molecule has 0 aliphatic heterocycles. The molecule has 0 spiro atoms. The third-order valence-corrected chi connectivity index (χ3v) is 5.17. The van der Waals surface area contributed by atoms with Crippen molar-refractivity contribution < 1.29 is 9.90 Å². The van der Waals surface area contributed by atoms with Gasteiger partial charge in [0.1, 0.15) is 0 Å². The van der Waals surface area contributed by atoms with Crippen molar-refractivity contribution in [1.82, 2.24) is 4.90 Å². The average Bonchev–Trinajstić information content (AvgIpc) is 2.60. The lowest BCUT2D eigenvalue weighted by atomic mass is 10.0. The summed E-state index contributed by atoms with van der Waals surface area (Å²) in [5.41, 5.74) is 0. The zero-order valence-corrected chi connectivity index (χ0v) is 17.2. The van der Waals surface area contributed by atoms with E-state index in [1.807, 2.05) is 0 Å². The Morgan fingerprint density at radius 3 is 1.16 bits per heavy atom. The fourth-order valence-electron chi connectivity index (χ4n) is 3.35. The van der Waals surface area contributed by atoms with Crippen molar-refractivity contribution in [2.45, 2.75) is 122 Å². The van der Waals surface area contributed by atoms with E-state index in [-0.39, 0.29) is 0 Å². The van der Waals surface area contributed by atoms with Gasteiger partial charge in [-0.3, -0.25) is 0 Å². The molecular weight excluding hydrogens is 310 g/mol. The van der Waals surface area contributed by atoms with Crippen molar-refractivity contribution in [3.8, 4) is 0 Å². The van der Waals surface area contributed by atoms with Gasteiger partial charge >= 0.3 is 6.09 Å². The van der Waals surface area contributed by atoms with Crippen LogP contribution in [0.1, 0.15) is 122 Å². The molecule has 0 rings (SSSR count). The summed E-state index contributed by atoms with van der Waals surface area (Å²) < 4.78 is 0. The maximum Gasteiger partial charge on any atom is 0.407 e. The highest BCUT2D eigenvalue weighted by Gasteiger charge is 2.03. The first-order valence-electron chi connectivity index (χ1n) is 11.1. The van der Waals surface area contributed by atoms with Crippen molar-refractivity contribution in [1.29, 1.82) is 0 Å². The Morgan fingerprint density at radius 1 is 0.600 bits per heavy atom. The number of nitrogens with zero attached hydrogens (tertiary/aromatic N) is 1. The molecule has 0 atom stereocenters. The molecule has 0 fully saturated rings. The van der Waals surface area contributed by atoms with Crippen molar-refractivity contribution in [2.75, 3.05) is 13.6 Å². The Hall–Kier alpha value is -0.730. The molecule has 0 saturated carbocycles. The van der Waals surface area contributed by atoms with Gasteiger partial charge in [0.15, 0.2) is 0 Å². The molecule has 0 bridgehead atoms. The van der Waals surface area contributed by atoms with Crippen LogP contribution >= 0.6 is 0 Å². The maximum atomic E-state index is 10.6. The highest BCUT2D eigenvalue weighted by atomic mass is 16.4. The van der Waals surface area contributed by atoms with E-state index in [0.29, 0.717) is 6.54 Å². The minimum absolute atomic E-state index is 0.675. The summed E-state index contributed by atoms with van der Waals surface area (Å²) in [6.45, 7) is 2.96. The first kappa shape index (κ1) is 24.3. The number of hydrogen-bond donors (Lipinski definition) is 1. The second kappa shape index (κ2) is 19.6. The zero-order chi connectivity index (χ0) is 18.6. The van der Waals surface area contributed by atoms with Crippen LogP contribution in [-0.2, 0) is 0 Å². The largest absolute Gasteiger partial charge is 0.465 e. The van der Waals surface area contributed by atoms with E-state index in [9.17, 15) is 4.79 Å². The highest BCUT2D eigenvalue weighted by molar-refractivity contribution is 5.64. The molecule has 3 heteroatoms. The van der Waals surface area contributed by atoms with E-state index >= 15 is 0 Å². The van der Waals surface area contributed by atoms with Gasteiger partial charge in [-0.05, 0) is 6.42 Å². The molecule has 1 amide bonds. The van der Waals surface area contributed by atoms with Crippen LogP contribution in [0, 0.1) is 0 Å². The van der Waals surface area contributed by atoms with Gasteiger partial charge in [-0.2, -0.15) is 0 Å². The summed E-state index contributed by atoms with van der Waals surface area (Å²) in [5, 5.41) is 8.75. The first-order valence-corrected chi connectivity index (χ1v) is 11.1. The van der Waals surface area contributed by atoms with Crippen LogP contribution in [-0.4, -0.2) is 29.7 Å². The van der Waals surface area contributed by atoms with Gasteiger partial charge in [-0.15, -0.1) is 0 Å². The Labute approximate surface area is 157 Å². The van der Waals surface area contributed by atoms with Gasteiger partial charge in [0.25, 0.3) is 0 Å². The monoisotopic (exact) mass is 355 g/mol. The average molecular weight is 356 g/mol. The summed E-state index contributed by atoms with van der Waals surface area (Å²) in [5.74, 6) is 0. The Kier molecular flexibility index (Phi) is 19.0. The standard InChI is InChI=1S/C22H45NO2/c1-3-4-5-6-7-8-9-10-11-12-13-14-15-16-17-18-19-20-21-23(2)22(24)25/h3-21H2,1-2H3,(H,24,25). The van der Waals surface area contributed by atoms with Gasteiger partial charge in [0.05, 0.1) is 0 Å². The number of amides is 1. The second-order valence-corrected chi connectivity index (χ2v) is 7.71. The molecule has 0 radical (unpaired) electrons. The molecule has 1 N–H and O–H groups in total. The topological polar surface area (TPSA) is 40.5 Å². The van der Waals surface area contributed by atoms with Crippen LogP contribution in [0.15, 0.2) is 0 Å². The van der Waals surface area contributed by atoms with Crippen LogP contribution in [0.25, 0.3) is 0 Å². The number of rotatable bonds is 19. The van der Waals surface area contributed by atoms with E-state index in [4.69, 9.17) is 5.11 Å². The molecule has 0 aromatic carbocycles. The fraction of sp³-hybridized carbons (Fsp3) is 0.955. The number of hydrogen-bond acceptors (Lipinski definition) is 1. The van der Waals surface area contributed by atoms with Crippen LogP contribution in [0.5, 0.6) is 0 Å². The molecule has 0 aliphatic carbocycles. The van der Waals surface area contributed by atoms with Crippen molar-refractivity contribution in [3.63, 3.8) is 0 Å². The molecular formula is C22H45NO2. The van der Waals surface area contributed by atoms with Gasteiger partial charge in [-0.1, -0.05) is 116 Å². The Morgan fingerprint density at radius 2 is 0.880 bits per heavy atom. The lowest BCUT2D eigenvalue weighted by Crippen LogP contribution is -2.25. The summed E-state index contributed by atoms with van der Waals surface area (Å²) in [6.07, 6.45) is 23.8. The summed E-state index contributed by atoms with van der Waals surface area (Å²) in [7, 11) is 1.65. The van der Waals surface area contributed by atoms with Crippen LogP contribution in [0.3, 0.4) is 0 Å². The van der Waals surface area contributed by atoms with Gasteiger partial charge in [-0.25, -0.2) is 4.79 Å². The summed E-state index contributed by atoms with van der Waals surface area (Å²) >= 11 is 0. The molecule has 0 unspecified atom stereocenters. The van der Waals surface area contributed by atoms with E-state index in [1.165, 1.54) is 108 Å². The lowest BCUT2D eigenvalue weighted by molar-refractivity contribution is 0.155. The normalized spacial score (nSPS) is 11.0. The summed E-state index contributed by atoms with van der Waals surface area (Å²) in [6, 6.07) is 0. The van der Waals surface area contributed by atoms with Crippen molar-refractivity contribution in [2.24, 2.45) is 0 Å². The molecule has 0 aromatic rings. The molecule has 0 saturated heterocycles. The van der Waals surface area contributed by atoms with E-state index in [0.717, 1.165) is 12.8 Å². The maximum absolute atomic E-state index is 10.6. The minimum atomic E-state index is -0.813. The lowest BCUT2D eigenvalue weighted by Gasteiger charge is -2.11. The van der Waals surface area contributed by atoms with Crippen molar-refractivity contribution in [3.05, 3.63) is 0 Å². The van der Waals surface area contributed by atoms with Crippen LogP contribution in [0.2, 0.25) is 0 Å². The summed E-state index contributed by atoms with van der Waals surface area (Å²) in [4.78, 5) is 12.0. The quantitative estimate of drug-likeness (QED) is 0.242. The number of carbonyl (C=O) groups is 1. The van der Waals surface area contributed by atoms with Crippen LogP contribution < -0.4 is 0 Å². The molecule has 25 heavy (non-hydrogen) atoms. The third kappa shape index (κ3) is 19.4. The molecule has 0 heterocycles. The predicted molar refractivity (Wildman–Crippen MR) is 109 cm³/mol. The van der Waals surface area contributed by atoms with Crippen molar-refractivity contribution >= 4 is 6.09 Å². The SMILES string of the molecule is CCCCCCCCCCCCCCCCCCCCN(C)C(=O)O. The van der Waals surface area contributed by atoms with Gasteiger partial charge in [0, 0.05) is 13.6 Å². The van der Waals surface area contributed by atoms with E-state index in [1.54, 1.807) is 7.05 Å². The first-order chi connectivity index (χ1) is 12.2. The Bertz CT molecular complexity index is 281. The second-order valence-electron chi connectivity index (χ2n) is 7.71. The van der Waals surface area contributed by atoms with Gasteiger partial charge < -0.3 is 10.0 Å².